The minimum Gasteiger partial charge on any atom is -0.398 e. The summed E-state index contributed by atoms with van der Waals surface area (Å²) in [5.41, 5.74) is 8.36. The van der Waals surface area contributed by atoms with Gasteiger partial charge in [-0.05, 0) is 54.8 Å². The Morgan fingerprint density at radius 1 is 0.920 bits per heavy atom. The van der Waals surface area contributed by atoms with Crippen molar-refractivity contribution in [3.63, 3.8) is 0 Å². The second-order valence-electron chi connectivity index (χ2n) is 7.98. The lowest BCUT2D eigenvalue weighted by Crippen LogP contribution is -2.19. The number of anilines is 1. The van der Waals surface area contributed by atoms with Crippen molar-refractivity contribution in [3.8, 4) is 0 Å². The van der Waals surface area contributed by atoms with E-state index in [-0.39, 0.29) is 0 Å². The zero-order chi connectivity index (χ0) is 17.5. The summed E-state index contributed by atoms with van der Waals surface area (Å²) >= 11 is 0. The fourth-order valence-corrected chi connectivity index (χ4v) is 4.25. The fourth-order valence-electron chi connectivity index (χ4n) is 4.25. The molecule has 1 aliphatic carbocycles. The molecule has 1 saturated carbocycles. The Morgan fingerprint density at radius 3 is 2.48 bits per heavy atom. The molecule has 2 aromatic rings. The summed E-state index contributed by atoms with van der Waals surface area (Å²) in [5.74, 6) is 1.99. The summed E-state index contributed by atoms with van der Waals surface area (Å²) in [6.07, 6.45) is 11.1. The van der Waals surface area contributed by atoms with Crippen LogP contribution in [0.25, 0.3) is 10.8 Å². The third kappa shape index (κ3) is 5.22. The second-order valence-corrected chi connectivity index (χ2v) is 7.98. The quantitative estimate of drug-likeness (QED) is 0.489. The van der Waals surface area contributed by atoms with E-state index in [1.165, 1.54) is 61.3 Å². The molecule has 0 unspecified atom stereocenters. The zero-order valence-corrected chi connectivity index (χ0v) is 15.8. The predicted octanol–water partition coefficient (Wildman–Crippen LogP) is 5.55. The Kier molecular flexibility index (Phi) is 6.75. The van der Waals surface area contributed by atoms with Gasteiger partial charge in [0.05, 0.1) is 0 Å². The maximum absolute atomic E-state index is 6.09. The van der Waals surface area contributed by atoms with E-state index in [9.17, 15) is 0 Å². The standard InChI is InChI=1S/C23H34N2/c1-18-9-11-19(12-10-18)6-4-5-16-25-17-15-20-13-14-23(24)22-8-3-2-7-21(20)22/h2-3,7-8,13-14,18-19,25H,4-6,9-12,15-17,24H2,1H3. The van der Waals surface area contributed by atoms with Crippen molar-refractivity contribution in [2.45, 2.75) is 58.3 Å². The first kappa shape index (κ1) is 18.3. The molecule has 25 heavy (non-hydrogen) atoms. The van der Waals surface area contributed by atoms with Gasteiger partial charge in [0.2, 0.25) is 0 Å². The summed E-state index contributed by atoms with van der Waals surface area (Å²) in [6, 6.07) is 12.7. The van der Waals surface area contributed by atoms with E-state index < -0.39 is 0 Å². The number of rotatable bonds is 8. The molecule has 0 saturated heterocycles. The van der Waals surface area contributed by atoms with E-state index in [0.29, 0.717) is 0 Å². The van der Waals surface area contributed by atoms with Gasteiger partial charge in [-0.3, -0.25) is 0 Å². The highest BCUT2D eigenvalue weighted by atomic mass is 14.8. The average molecular weight is 339 g/mol. The maximum Gasteiger partial charge on any atom is 0.0393 e. The van der Waals surface area contributed by atoms with E-state index in [1.54, 1.807) is 0 Å². The van der Waals surface area contributed by atoms with Gasteiger partial charge in [-0.25, -0.2) is 0 Å². The van der Waals surface area contributed by atoms with Gasteiger partial charge in [0.15, 0.2) is 0 Å². The van der Waals surface area contributed by atoms with Crippen LogP contribution in [0.4, 0.5) is 5.69 Å². The van der Waals surface area contributed by atoms with Crippen molar-refractivity contribution in [3.05, 3.63) is 42.0 Å². The minimum atomic E-state index is 0.879. The van der Waals surface area contributed by atoms with Crippen LogP contribution in [0.5, 0.6) is 0 Å². The molecular weight excluding hydrogens is 304 g/mol. The predicted molar refractivity (Wildman–Crippen MR) is 110 cm³/mol. The Balaban J connectivity index is 1.33. The molecular formula is C23H34N2. The Hall–Kier alpha value is -1.54. The van der Waals surface area contributed by atoms with Gasteiger partial charge in [-0.1, -0.05) is 75.8 Å². The number of nitrogens with two attached hydrogens (primary N) is 1. The Labute approximate surface area is 153 Å². The average Bonchev–Trinajstić information content (AvgIpc) is 2.64. The van der Waals surface area contributed by atoms with Crippen molar-refractivity contribution >= 4 is 16.5 Å². The van der Waals surface area contributed by atoms with E-state index in [0.717, 1.165) is 37.0 Å². The molecule has 2 heteroatoms. The Morgan fingerprint density at radius 2 is 1.68 bits per heavy atom. The highest BCUT2D eigenvalue weighted by molar-refractivity contribution is 5.95. The normalized spacial score (nSPS) is 20.8. The number of fused-ring (bicyclic) bond motifs is 1. The van der Waals surface area contributed by atoms with E-state index in [4.69, 9.17) is 5.73 Å². The largest absolute Gasteiger partial charge is 0.398 e. The number of unbranched alkanes of at least 4 members (excludes halogenated alkanes) is 1. The molecule has 1 fully saturated rings. The molecule has 136 valence electrons. The van der Waals surface area contributed by atoms with Crippen LogP contribution in [0.1, 0.15) is 57.4 Å². The summed E-state index contributed by atoms with van der Waals surface area (Å²) in [5, 5.41) is 6.11. The van der Waals surface area contributed by atoms with Gasteiger partial charge < -0.3 is 11.1 Å². The highest BCUT2D eigenvalue weighted by Crippen LogP contribution is 2.31. The van der Waals surface area contributed by atoms with E-state index in [2.05, 4.69) is 42.6 Å². The lowest BCUT2D eigenvalue weighted by Gasteiger charge is -2.26. The van der Waals surface area contributed by atoms with Gasteiger partial charge in [0, 0.05) is 11.1 Å². The molecule has 0 atom stereocenters. The van der Waals surface area contributed by atoms with Crippen molar-refractivity contribution in [2.24, 2.45) is 11.8 Å². The van der Waals surface area contributed by atoms with Crippen LogP contribution >= 0.6 is 0 Å². The third-order valence-electron chi connectivity index (χ3n) is 5.97. The molecule has 2 nitrogen and oxygen atoms in total. The minimum absolute atomic E-state index is 0.879. The van der Waals surface area contributed by atoms with Crippen LogP contribution in [0.15, 0.2) is 36.4 Å². The van der Waals surface area contributed by atoms with Crippen LogP contribution < -0.4 is 11.1 Å². The second kappa shape index (κ2) is 9.24. The zero-order valence-electron chi connectivity index (χ0n) is 15.8. The van der Waals surface area contributed by atoms with Crippen LogP contribution in [-0.2, 0) is 6.42 Å². The van der Waals surface area contributed by atoms with Crippen LogP contribution in [0, 0.1) is 11.8 Å². The molecule has 0 aliphatic heterocycles. The molecule has 0 bridgehead atoms. The van der Waals surface area contributed by atoms with Crippen molar-refractivity contribution in [1.29, 1.82) is 0 Å². The number of nitrogens with one attached hydrogen (secondary N) is 1. The van der Waals surface area contributed by atoms with E-state index >= 15 is 0 Å². The highest BCUT2D eigenvalue weighted by Gasteiger charge is 2.17. The summed E-state index contributed by atoms with van der Waals surface area (Å²) in [4.78, 5) is 0. The van der Waals surface area contributed by atoms with Crippen LogP contribution in [-0.4, -0.2) is 13.1 Å². The summed E-state index contributed by atoms with van der Waals surface area (Å²) in [7, 11) is 0. The van der Waals surface area contributed by atoms with E-state index in [1.807, 2.05) is 6.07 Å². The molecule has 0 aromatic heterocycles. The number of benzene rings is 2. The molecule has 0 spiro atoms. The number of hydrogen-bond donors (Lipinski definition) is 2. The first-order valence-corrected chi connectivity index (χ1v) is 10.2. The molecule has 0 heterocycles. The SMILES string of the molecule is CC1CCC(CCCCNCCc2ccc(N)c3ccccc23)CC1. The first-order chi connectivity index (χ1) is 12.2. The van der Waals surface area contributed by atoms with Gasteiger partial charge in [-0.2, -0.15) is 0 Å². The molecule has 0 radical (unpaired) electrons. The van der Waals surface area contributed by atoms with Gasteiger partial charge in [0.25, 0.3) is 0 Å². The smallest absolute Gasteiger partial charge is 0.0393 e. The monoisotopic (exact) mass is 338 g/mol. The summed E-state index contributed by atoms with van der Waals surface area (Å²) < 4.78 is 0. The Bertz CT molecular complexity index is 656. The van der Waals surface area contributed by atoms with Gasteiger partial charge in [-0.15, -0.1) is 0 Å². The van der Waals surface area contributed by atoms with Crippen molar-refractivity contribution in [1.82, 2.24) is 5.32 Å². The molecule has 3 N–H and O–H groups in total. The van der Waals surface area contributed by atoms with Crippen molar-refractivity contribution in [2.75, 3.05) is 18.8 Å². The number of nitrogen functional groups attached to an aromatic ring is 1. The lowest BCUT2D eigenvalue weighted by atomic mass is 9.81. The van der Waals surface area contributed by atoms with Crippen LogP contribution in [0.3, 0.4) is 0 Å². The first-order valence-electron chi connectivity index (χ1n) is 10.2. The summed E-state index contributed by atoms with van der Waals surface area (Å²) in [6.45, 7) is 4.61. The fraction of sp³-hybridized carbons (Fsp3) is 0.565. The molecule has 2 aromatic carbocycles. The van der Waals surface area contributed by atoms with Crippen molar-refractivity contribution < 1.29 is 0 Å². The lowest BCUT2D eigenvalue weighted by molar-refractivity contribution is 0.272. The van der Waals surface area contributed by atoms with Crippen LogP contribution in [0.2, 0.25) is 0 Å². The van der Waals surface area contributed by atoms with Gasteiger partial charge >= 0.3 is 0 Å². The molecule has 3 rings (SSSR count). The van der Waals surface area contributed by atoms with Gasteiger partial charge in [0.1, 0.15) is 0 Å². The number of hydrogen-bond acceptors (Lipinski definition) is 2. The molecule has 1 aliphatic rings. The third-order valence-corrected chi connectivity index (χ3v) is 5.97. The molecule has 0 amide bonds. The maximum atomic E-state index is 6.09. The topological polar surface area (TPSA) is 38.0 Å².